The average Bonchev–Trinajstić information content (AvgIpc) is 2.14. The van der Waals surface area contributed by atoms with Crippen LogP contribution < -0.4 is 0 Å². The maximum absolute atomic E-state index is 11.4. The predicted molar refractivity (Wildman–Crippen MR) is 81.3 cm³/mol. The van der Waals surface area contributed by atoms with Crippen molar-refractivity contribution in [2.45, 2.75) is 58.5 Å². The fraction of sp³-hybridized carbons (Fsp3) is 0.600. The van der Waals surface area contributed by atoms with Crippen LogP contribution in [0.1, 0.15) is 58.2 Å². The van der Waals surface area contributed by atoms with Crippen LogP contribution in [0.3, 0.4) is 0 Å². The number of hydrogen-bond donors (Lipinski definition) is 3. The lowest BCUT2D eigenvalue weighted by molar-refractivity contribution is 0.371. The maximum Gasteiger partial charge on any atom is 0.329 e. The molecule has 0 aliphatic rings. The Morgan fingerprint density at radius 3 is 1.75 bits per heavy atom. The smallest absolute Gasteiger partial charge is 0.329 e. The molecule has 0 heterocycles. The normalized spacial score (nSPS) is 13.6. The summed E-state index contributed by atoms with van der Waals surface area (Å²) in [7, 11) is -4.15. The first-order chi connectivity index (χ1) is 8.72. The largest absolute Gasteiger partial charge is 0.508 e. The molecule has 0 fully saturated rings. The molecule has 0 aromatic heterocycles. The molecule has 0 bridgehead atoms. The standard InChI is InChI=1S/C15H25O4P/c1-14(2,3)11-8-13(16)12(15(4,5)6)7-10(11)9-20(17,18)19/h7-8,16H,9H2,1-6H3,(H2,17,18,19). The molecule has 1 aromatic carbocycles. The van der Waals surface area contributed by atoms with Crippen molar-refractivity contribution >= 4 is 7.60 Å². The van der Waals surface area contributed by atoms with Gasteiger partial charge in [0.25, 0.3) is 0 Å². The molecule has 0 atom stereocenters. The number of aromatic hydroxyl groups is 1. The van der Waals surface area contributed by atoms with Crippen LogP contribution in [-0.2, 0) is 21.6 Å². The number of phenols is 1. The Bertz CT molecular complexity index is 544. The van der Waals surface area contributed by atoms with Gasteiger partial charge < -0.3 is 14.9 Å². The quantitative estimate of drug-likeness (QED) is 0.728. The minimum Gasteiger partial charge on any atom is -0.508 e. The molecule has 0 unspecified atom stereocenters. The van der Waals surface area contributed by atoms with E-state index in [2.05, 4.69) is 0 Å². The molecule has 0 aliphatic carbocycles. The fourth-order valence-electron chi connectivity index (χ4n) is 2.28. The SMILES string of the molecule is CC(C)(C)c1cc(CP(=O)(O)O)c(C(C)(C)C)cc1O. The molecule has 0 amide bonds. The van der Waals surface area contributed by atoms with Gasteiger partial charge in [-0.1, -0.05) is 47.6 Å². The Hall–Kier alpha value is -0.830. The number of benzene rings is 1. The van der Waals surface area contributed by atoms with E-state index in [0.717, 1.165) is 5.56 Å². The summed E-state index contributed by atoms with van der Waals surface area (Å²) in [6.45, 7) is 11.8. The van der Waals surface area contributed by atoms with E-state index in [9.17, 15) is 19.5 Å². The Morgan fingerprint density at radius 1 is 0.950 bits per heavy atom. The van der Waals surface area contributed by atoms with Crippen LogP contribution in [0.15, 0.2) is 12.1 Å². The van der Waals surface area contributed by atoms with Crippen LogP contribution >= 0.6 is 7.60 Å². The van der Waals surface area contributed by atoms with Crippen LogP contribution in [0.5, 0.6) is 5.75 Å². The average molecular weight is 300 g/mol. The molecule has 114 valence electrons. The van der Waals surface area contributed by atoms with Gasteiger partial charge in [0.05, 0.1) is 6.16 Å². The molecule has 0 radical (unpaired) electrons. The van der Waals surface area contributed by atoms with E-state index in [1.165, 1.54) is 0 Å². The molecule has 0 spiro atoms. The summed E-state index contributed by atoms with van der Waals surface area (Å²) < 4.78 is 11.4. The Labute approximate surface area is 121 Å². The van der Waals surface area contributed by atoms with Gasteiger partial charge in [-0.3, -0.25) is 4.57 Å². The lowest BCUT2D eigenvalue weighted by Crippen LogP contribution is -2.18. The first-order valence-corrected chi connectivity index (χ1v) is 8.43. The van der Waals surface area contributed by atoms with Crippen LogP contribution in [0.4, 0.5) is 0 Å². The van der Waals surface area contributed by atoms with Crippen molar-refractivity contribution in [1.29, 1.82) is 0 Å². The number of rotatable bonds is 2. The highest BCUT2D eigenvalue weighted by Gasteiger charge is 2.27. The summed E-state index contributed by atoms with van der Waals surface area (Å²) in [5.41, 5.74) is 1.50. The first-order valence-electron chi connectivity index (χ1n) is 6.63. The molecule has 0 saturated heterocycles. The van der Waals surface area contributed by atoms with Crippen molar-refractivity contribution in [3.05, 3.63) is 28.8 Å². The summed E-state index contributed by atoms with van der Waals surface area (Å²) in [5, 5.41) is 10.2. The predicted octanol–water partition coefficient (Wildman–Crippen LogP) is 3.66. The third kappa shape index (κ3) is 4.34. The molecule has 0 saturated carbocycles. The Morgan fingerprint density at radius 2 is 1.40 bits per heavy atom. The topological polar surface area (TPSA) is 77.8 Å². The summed E-state index contributed by atoms with van der Waals surface area (Å²) >= 11 is 0. The summed E-state index contributed by atoms with van der Waals surface area (Å²) in [5.74, 6) is 0.178. The van der Waals surface area contributed by atoms with Gasteiger partial charge in [-0.25, -0.2) is 0 Å². The third-order valence-electron chi connectivity index (χ3n) is 3.21. The minimum absolute atomic E-state index is 0.178. The monoisotopic (exact) mass is 300 g/mol. The highest BCUT2D eigenvalue weighted by Crippen LogP contribution is 2.44. The lowest BCUT2D eigenvalue weighted by atomic mass is 9.79. The van der Waals surface area contributed by atoms with Crippen LogP contribution in [0, 0.1) is 0 Å². The van der Waals surface area contributed by atoms with Gasteiger partial charge in [0.1, 0.15) is 5.75 Å². The number of hydrogen-bond acceptors (Lipinski definition) is 2. The lowest BCUT2D eigenvalue weighted by Gasteiger charge is -2.28. The first kappa shape index (κ1) is 17.2. The second kappa shape index (κ2) is 5.18. The molecule has 4 nitrogen and oxygen atoms in total. The van der Waals surface area contributed by atoms with E-state index in [4.69, 9.17) is 0 Å². The second-order valence-electron chi connectivity index (χ2n) is 7.35. The van der Waals surface area contributed by atoms with Crippen molar-refractivity contribution < 1.29 is 19.5 Å². The second-order valence-corrected chi connectivity index (χ2v) is 8.99. The zero-order chi connectivity index (χ0) is 15.9. The molecule has 20 heavy (non-hydrogen) atoms. The van der Waals surface area contributed by atoms with E-state index in [-0.39, 0.29) is 22.7 Å². The van der Waals surface area contributed by atoms with E-state index in [0.29, 0.717) is 11.1 Å². The molecule has 0 aliphatic heterocycles. The highest BCUT2D eigenvalue weighted by atomic mass is 31.2. The zero-order valence-electron chi connectivity index (χ0n) is 13.1. The van der Waals surface area contributed by atoms with E-state index in [1.54, 1.807) is 12.1 Å². The van der Waals surface area contributed by atoms with Crippen LogP contribution in [0.2, 0.25) is 0 Å². The molecule has 1 aromatic rings. The fourth-order valence-corrected chi connectivity index (χ4v) is 2.99. The van der Waals surface area contributed by atoms with E-state index >= 15 is 0 Å². The van der Waals surface area contributed by atoms with Gasteiger partial charge in [-0.2, -0.15) is 0 Å². The van der Waals surface area contributed by atoms with Gasteiger partial charge in [0.15, 0.2) is 0 Å². The van der Waals surface area contributed by atoms with Crippen molar-refractivity contribution in [3.63, 3.8) is 0 Å². The Kier molecular flexibility index (Phi) is 4.46. The van der Waals surface area contributed by atoms with Gasteiger partial charge in [-0.15, -0.1) is 0 Å². The van der Waals surface area contributed by atoms with Gasteiger partial charge in [0.2, 0.25) is 0 Å². The summed E-state index contributed by atoms with van der Waals surface area (Å²) in [6, 6.07) is 3.38. The van der Waals surface area contributed by atoms with E-state index < -0.39 is 7.60 Å². The highest BCUT2D eigenvalue weighted by molar-refractivity contribution is 7.50. The Balaban J connectivity index is 3.55. The van der Waals surface area contributed by atoms with Gasteiger partial charge >= 0.3 is 7.60 Å². The zero-order valence-corrected chi connectivity index (χ0v) is 14.0. The molecular formula is C15H25O4P. The van der Waals surface area contributed by atoms with E-state index in [1.807, 2.05) is 41.5 Å². The third-order valence-corrected chi connectivity index (χ3v) is 3.97. The molecule has 5 heteroatoms. The van der Waals surface area contributed by atoms with Crippen molar-refractivity contribution in [3.8, 4) is 5.75 Å². The molecule has 3 N–H and O–H groups in total. The summed E-state index contributed by atoms with van der Waals surface area (Å²) in [4.78, 5) is 18.5. The van der Waals surface area contributed by atoms with Gasteiger partial charge in [0, 0.05) is 0 Å². The molecule has 1 rings (SSSR count). The van der Waals surface area contributed by atoms with Crippen molar-refractivity contribution in [2.24, 2.45) is 0 Å². The molecular weight excluding hydrogens is 275 g/mol. The van der Waals surface area contributed by atoms with Crippen molar-refractivity contribution in [1.82, 2.24) is 0 Å². The minimum atomic E-state index is -4.15. The number of phenolic OH excluding ortho intramolecular Hbond substituents is 1. The van der Waals surface area contributed by atoms with Gasteiger partial charge in [-0.05, 0) is 33.6 Å². The summed E-state index contributed by atoms with van der Waals surface area (Å²) in [6.07, 6.45) is -0.303. The van der Waals surface area contributed by atoms with Crippen LogP contribution in [-0.4, -0.2) is 14.9 Å². The maximum atomic E-state index is 11.4. The van der Waals surface area contributed by atoms with Crippen molar-refractivity contribution in [2.75, 3.05) is 0 Å². The van der Waals surface area contributed by atoms with Crippen LogP contribution in [0.25, 0.3) is 0 Å².